The van der Waals surface area contributed by atoms with Gasteiger partial charge >= 0.3 is 0 Å². The molecule has 0 atom stereocenters. The normalized spacial score (nSPS) is 10.4. The van der Waals surface area contributed by atoms with E-state index in [-0.39, 0.29) is 0 Å². The maximum Gasteiger partial charge on any atom is 0.224 e. The monoisotopic (exact) mass is 175 g/mol. The Morgan fingerprint density at radius 1 is 1.73 bits per heavy atom. The predicted octanol–water partition coefficient (Wildman–Crippen LogP) is 0.968. The van der Waals surface area contributed by atoms with Gasteiger partial charge in [0.25, 0.3) is 0 Å². The molecule has 4 nitrogen and oxygen atoms in total. The lowest BCUT2D eigenvalue weighted by Gasteiger charge is -2.01. The topological polar surface area (TPSA) is 39.9 Å². The van der Waals surface area contributed by atoms with E-state index in [2.05, 4.69) is 10.2 Å². The molecule has 0 bridgehead atoms. The van der Waals surface area contributed by atoms with Crippen LogP contribution in [0.25, 0.3) is 0 Å². The second-order valence-corrected chi connectivity index (χ2v) is 2.33. The zero-order valence-electron chi connectivity index (χ0n) is 6.33. The van der Waals surface area contributed by atoms with E-state index in [9.17, 15) is 0 Å². The SMILES string of the molecule is CCOCCn1cnnc1Cl. The van der Waals surface area contributed by atoms with Crippen molar-refractivity contribution in [2.75, 3.05) is 13.2 Å². The van der Waals surface area contributed by atoms with Crippen molar-refractivity contribution in [3.63, 3.8) is 0 Å². The highest BCUT2D eigenvalue weighted by Crippen LogP contribution is 2.01. The van der Waals surface area contributed by atoms with Gasteiger partial charge in [0.2, 0.25) is 5.28 Å². The van der Waals surface area contributed by atoms with Crippen molar-refractivity contribution < 1.29 is 4.74 Å². The summed E-state index contributed by atoms with van der Waals surface area (Å²) < 4.78 is 6.86. The first-order valence-corrected chi connectivity index (χ1v) is 3.83. The van der Waals surface area contributed by atoms with Gasteiger partial charge in [0, 0.05) is 13.2 Å². The Kier molecular flexibility index (Phi) is 3.32. The number of aromatic nitrogens is 3. The molecule has 0 saturated heterocycles. The van der Waals surface area contributed by atoms with E-state index >= 15 is 0 Å². The highest BCUT2D eigenvalue weighted by Gasteiger charge is 1.97. The molecule has 0 N–H and O–H groups in total. The lowest BCUT2D eigenvalue weighted by molar-refractivity contribution is 0.139. The summed E-state index contributed by atoms with van der Waals surface area (Å²) in [5, 5.41) is 7.65. The van der Waals surface area contributed by atoms with Crippen molar-refractivity contribution in [1.82, 2.24) is 14.8 Å². The molecule has 0 spiro atoms. The highest BCUT2D eigenvalue weighted by atomic mass is 35.5. The highest BCUT2D eigenvalue weighted by molar-refractivity contribution is 6.28. The summed E-state index contributed by atoms with van der Waals surface area (Å²) in [6.45, 7) is 4.03. The van der Waals surface area contributed by atoms with E-state index in [1.54, 1.807) is 10.9 Å². The molecular weight excluding hydrogens is 166 g/mol. The third-order valence-electron chi connectivity index (χ3n) is 1.25. The standard InChI is InChI=1S/C6H10ClN3O/c1-2-11-4-3-10-5-8-9-6(10)7/h5H,2-4H2,1H3. The van der Waals surface area contributed by atoms with E-state index in [1.807, 2.05) is 6.92 Å². The van der Waals surface area contributed by atoms with Gasteiger partial charge in [0.1, 0.15) is 6.33 Å². The van der Waals surface area contributed by atoms with Crippen molar-refractivity contribution in [3.05, 3.63) is 11.6 Å². The summed E-state index contributed by atoms with van der Waals surface area (Å²) in [7, 11) is 0. The Balaban J connectivity index is 2.32. The summed E-state index contributed by atoms with van der Waals surface area (Å²) in [6, 6.07) is 0. The van der Waals surface area contributed by atoms with Crippen LogP contribution in [0.4, 0.5) is 0 Å². The maximum atomic E-state index is 5.65. The molecule has 0 amide bonds. The zero-order valence-corrected chi connectivity index (χ0v) is 7.08. The Morgan fingerprint density at radius 3 is 3.09 bits per heavy atom. The maximum absolute atomic E-state index is 5.65. The molecule has 11 heavy (non-hydrogen) atoms. The number of hydrogen-bond acceptors (Lipinski definition) is 3. The first-order chi connectivity index (χ1) is 5.34. The Labute approximate surface area is 70.1 Å². The first kappa shape index (κ1) is 8.49. The fraction of sp³-hybridized carbons (Fsp3) is 0.667. The quantitative estimate of drug-likeness (QED) is 0.641. The van der Waals surface area contributed by atoms with Gasteiger partial charge in [0.15, 0.2) is 0 Å². The number of nitrogens with zero attached hydrogens (tertiary/aromatic N) is 3. The molecule has 5 heteroatoms. The molecule has 0 aliphatic rings. The average Bonchev–Trinajstić information content (AvgIpc) is 2.37. The van der Waals surface area contributed by atoms with Crippen LogP contribution in [0, 0.1) is 0 Å². The fourth-order valence-corrected chi connectivity index (χ4v) is 0.870. The van der Waals surface area contributed by atoms with Gasteiger partial charge in [0.05, 0.1) is 6.61 Å². The molecule has 0 aliphatic carbocycles. The molecule has 1 heterocycles. The van der Waals surface area contributed by atoms with Gasteiger partial charge < -0.3 is 9.30 Å². The van der Waals surface area contributed by atoms with Crippen molar-refractivity contribution in [2.24, 2.45) is 0 Å². The van der Waals surface area contributed by atoms with Crippen LogP contribution in [-0.2, 0) is 11.3 Å². The number of hydrogen-bond donors (Lipinski definition) is 0. The molecular formula is C6H10ClN3O. The molecule has 0 aliphatic heterocycles. The molecule has 1 aromatic rings. The molecule has 0 radical (unpaired) electrons. The van der Waals surface area contributed by atoms with E-state index in [4.69, 9.17) is 16.3 Å². The van der Waals surface area contributed by atoms with E-state index in [0.29, 0.717) is 18.4 Å². The van der Waals surface area contributed by atoms with Crippen molar-refractivity contribution in [2.45, 2.75) is 13.5 Å². The van der Waals surface area contributed by atoms with Crippen LogP contribution in [-0.4, -0.2) is 28.0 Å². The second-order valence-electron chi connectivity index (χ2n) is 1.99. The number of rotatable bonds is 4. The minimum atomic E-state index is 0.407. The van der Waals surface area contributed by atoms with Crippen LogP contribution < -0.4 is 0 Å². The summed E-state index contributed by atoms with van der Waals surface area (Å²) in [5.74, 6) is 0. The number of halogens is 1. The van der Waals surface area contributed by atoms with Gasteiger partial charge in [-0.1, -0.05) is 0 Å². The van der Waals surface area contributed by atoms with Gasteiger partial charge in [-0.25, -0.2) is 0 Å². The molecule has 0 aromatic carbocycles. The Bertz CT molecular complexity index is 213. The molecule has 0 saturated carbocycles. The van der Waals surface area contributed by atoms with E-state index in [0.717, 1.165) is 6.61 Å². The van der Waals surface area contributed by atoms with Gasteiger partial charge in [-0.3, -0.25) is 0 Å². The van der Waals surface area contributed by atoms with Gasteiger partial charge in [-0.15, -0.1) is 10.2 Å². The third kappa shape index (κ3) is 2.48. The lowest BCUT2D eigenvalue weighted by Crippen LogP contribution is -2.04. The van der Waals surface area contributed by atoms with Crippen molar-refractivity contribution in [1.29, 1.82) is 0 Å². The Hall–Kier alpha value is -0.610. The number of ether oxygens (including phenoxy) is 1. The summed E-state index contributed by atoms with van der Waals surface area (Å²) in [6.07, 6.45) is 1.58. The lowest BCUT2D eigenvalue weighted by atomic mass is 10.7. The molecule has 0 unspecified atom stereocenters. The van der Waals surface area contributed by atoms with Crippen LogP contribution in [0.2, 0.25) is 5.28 Å². The molecule has 1 aromatic heterocycles. The predicted molar refractivity (Wildman–Crippen MR) is 41.5 cm³/mol. The van der Waals surface area contributed by atoms with Gasteiger partial charge in [-0.2, -0.15) is 0 Å². The summed E-state index contributed by atoms with van der Waals surface area (Å²) in [5.41, 5.74) is 0. The molecule has 1 rings (SSSR count). The summed E-state index contributed by atoms with van der Waals surface area (Å²) in [4.78, 5) is 0. The van der Waals surface area contributed by atoms with Crippen molar-refractivity contribution in [3.8, 4) is 0 Å². The Morgan fingerprint density at radius 2 is 2.55 bits per heavy atom. The summed E-state index contributed by atoms with van der Waals surface area (Å²) >= 11 is 5.65. The van der Waals surface area contributed by atoms with Crippen LogP contribution in [0.1, 0.15) is 6.92 Å². The van der Waals surface area contributed by atoms with Crippen LogP contribution >= 0.6 is 11.6 Å². The zero-order chi connectivity index (χ0) is 8.10. The third-order valence-corrected chi connectivity index (χ3v) is 1.54. The molecule has 0 fully saturated rings. The van der Waals surface area contributed by atoms with Crippen LogP contribution in [0.15, 0.2) is 6.33 Å². The van der Waals surface area contributed by atoms with Crippen LogP contribution in [0.5, 0.6) is 0 Å². The van der Waals surface area contributed by atoms with E-state index in [1.165, 1.54) is 0 Å². The minimum Gasteiger partial charge on any atom is -0.380 e. The first-order valence-electron chi connectivity index (χ1n) is 3.45. The minimum absolute atomic E-state index is 0.407. The molecule has 62 valence electrons. The second kappa shape index (κ2) is 4.31. The van der Waals surface area contributed by atoms with E-state index < -0.39 is 0 Å². The fourth-order valence-electron chi connectivity index (χ4n) is 0.698. The van der Waals surface area contributed by atoms with Crippen molar-refractivity contribution >= 4 is 11.6 Å². The van der Waals surface area contributed by atoms with Gasteiger partial charge in [-0.05, 0) is 18.5 Å². The average molecular weight is 176 g/mol. The largest absolute Gasteiger partial charge is 0.380 e. The smallest absolute Gasteiger partial charge is 0.224 e. The van der Waals surface area contributed by atoms with Crippen LogP contribution in [0.3, 0.4) is 0 Å².